The molecule has 0 aliphatic carbocycles. The van der Waals surface area contributed by atoms with Crippen LogP contribution in [0.15, 0.2) is 12.3 Å². The lowest BCUT2D eigenvalue weighted by molar-refractivity contribution is 0.0660. The Hall–Kier alpha value is -1.69. The molecule has 104 valence electrons. The molecular weight excluding hydrogens is 268 g/mol. The van der Waals surface area contributed by atoms with Crippen molar-refractivity contribution in [3.05, 3.63) is 23.0 Å². The van der Waals surface area contributed by atoms with Crippen molar-refractivity contribution in [3.8, 4) is 0 Å². The van der Waals surface area contributed by atoms with Crippen LogP contribution in [0.3, 0.4) is 0 Å². The molecule has 2 N–H and O–H groups in total. The number of aromatic amines is 1. The van der Waals surface area contributed by atoms with Gasteiger partial charge >= 0.3 is 6.03 Å². The van der Waals surface area contributed by atoms with E-state index in [1.807, 2.05) is 6.92 Å². The van der Waals surface area contributed by atoms with Gasteiger partial charge in [-0.3, -0.25) is 4.79 Å². The van der Waals surface area contributed by atoms with Crippen LogP contribution >= 0.6 is 11.6 Å². The first-order valence-electron chi connectivity index (χ1n) is 6.27. The predicted molar refractivity (Wildman–Crippen MR) is 72.4 cm³/mol. The summed E-state index contributed by atoms with van der Waals surface area (Å²) in [6.45, 7) is 4.66. The summed E-state index contributed by atoms with van der Waals surface area (Å²) in [4.78, 5) is 30.0. The lowest BCUT2D eigenvalue weighted by Crippen LogP contribution is -2.53. The van der Waals surface area contributed by atoms with E-state index in [4.69, 9.17) is 11.6 Å². The Morgan fingerprint density at radius 3 is 2.47 bits per heavy atom. The summed E-state index contributed by atoms with van der Waals surface area (Å²) < 4.78 is 0. The first-order valence-corrected chi connectivity index (χ1v) is 6.65. The molecule has 0 spiro atoms. The topological polar surface area (TPSA) is 68.4 Å². The number of carbonyl (C=O) groups excluding carboxylic acids is 2. The minimum Gasteiger partial charge on any atom is -0.356 e. The summed E-state index contributed by atoms with van der Waals surface area (Å²) in [6, 6.07) is 1.54. The minimum absolute atomic E-state index is 0.0717. The van der Waals surface area contributed by atoms with Gasteiger partial charge in [0.25, 0.3) is 5.91 Å². The molecule has 1 aromatic heterocycles. The highest BCUT2D eigenvalue weighted by molar-refractivity contribution is 6.30. The van der Waals surface area contributed by atoms with Crippen molar-refractivity contribution < 1.29 is 9.59 Å². The van der Waals surface area contributed by atoms with Gasteiger partial charge in [0.2, 0.25) is 0 Å². The Bertz CT molecular complexity index is 466. The molecule has 1 aromatic rings. The van der Waals surface area contributed by atoms with E-state index in [0.29, 0.717) is 43.4 Å². The summed E-state index contributed by atoms with van der Waals surface area (Å²) >= 11 is 5.78. The second kappa shape index (κ2) is 5.97. The zero-order valence-electron chi connectivity index (χ0n) is 10.8. The number of H-pyrrole nitrogens is 1. The zero-order chi connectivity index (χ0) is 13.8. The molecule has 1 aliphatic heterocycles. The molecule has 2 rings (SSSR count). The molecule has 3 amide bonds. The van der Waals surface area contributed by atoms with Crippen LogP contribution in [0.5, 0.6) is 0 Å². The highest BCUT2D eigenvalue weighted by atomic mass is 35.5. The van der Waals surface area contributed by atoms with Crippen LogP contribution in [0.2, 0.25) is 5.02 Å². The van der Waals surface area contributed by atoms with Crippen LogP contribution in [0, 0.1) is 0 Å². The van der Waals surface area contributed by atoms with E-state index in [9.17, 15) is 9.59 Å². The number of aromatic nitrogens is 1. The average molecular weight is 285 g/mol. The third kappa shape index (κ3) is 3.20. The van der Waals surface area contributed by atoms with Crippen LogP contribution in [-0.2, 0) is 0 Å². The first-order chi connectivity index (χ1) is 9.11. The second-order valence-corrected chi connectivity index (χ2v) is 4.78. The van der Waals surface area contributed by atoms with Crippen molar-refractivity contribution in [2.24, 2.45) is 0 Å². The van der Waals surface area contributed by atoms with E-state index in [2.05, 4.69) is 10.3 Å². The molecule has 1 fully saturated rings. The molecule has 2 heterocycles. The van der Waals surface area contributed by atoms with Gasteiger partial charge in [0.05, 0.1) is 5.02 Å². The number of carbonyl (C=O) groups is 2. The SMILES string of the molecule is CCNC(=O)N1CCN(C(=O)c2cc(Cl)c[nH]2)CC1. The van der Waals surface area contributed by atoms with E-state index in [1.165, 1.54) is 0 Å². The van der Waals surface area contributed by atoms with Gasteiger partial charge in [-0.1, -0.05) is 11.6 Å². The number of hydrogen-bond acceptors (Lipinski definition) is 2. The number of nitrogens with one attached hydrogen (secondary N) is 2. The van der Waals surface area contributed by atoms with Gasteiger partial charge in [-0.15, -0.1) is 0 Å². The number of hydrogen-bond donors (Lipinski definition) is 2. The summed E-state index contributed by atoms with van der Waals surface area (Å²) in [5.74, 6) is -0.0811. The van der Waals surface area contributed by atoms with Crippen LogP contribution in [-0.4, -0.2) is 59.4 Å². The Morgan fingerprint density at radius 1 is 1.32 bits per heavy atom. The van der Waals surface area contributed by atoms with E-state index in [0.717, 1.165) is 0 Å². The van der Waals surface area contributed by atoms with Gasteiger partial charge in [-0.2, -0.15) is 0 Å². The highest BCUT2D eigenvalue weighted by Gasteiger charge is 2.25. The fraction of sp³-hybridized carbons (Fsp3) is 0.500. The Labute approximate surface area is 116 Å². The highest BCUT2D eigenvalue weighted by Crippen LogP contribution is 2.13. The van der Waals surface area contributed by atoms with Crippen molar-refractivity contribution in [2.75, 3.05) is 32.7 Å². The summed E-state index contributed by atoms with van der Waals surface area (Å²) in [6.07, 6.45) is 1.58. The van der Waals surface area contributed by atoms with Crippen molar-refractivity contribution in [3.63, 3.8) is 0 Å². The third-order valence-electron chi connectivity index (χ3n) is 3.06. The maximum absolute atomic E-state index is 12.1. The molecule has 6 nitrogen and oxygen atoms in total. The Kier molecular flexibility index (Phi) is 4.31. The molecular formula is C12H17ClN4O2. The van der Waals surface area contributed by atoms with Gasteiger partial charge in [-0.25, -0.2) is 4.79 Å². The fourth-order valence-corrected chi connectivity index (χ4v) is 2.20. The summed E-state index contributed by atoms with van der Waals surface area (Å²) in [7, 11) is 0. The summed E-state index contributed by atoms with van der Waals surface area (Å²) in [5, 5.41) is 3.27. The van der Waals surface area contributed by atoms with Crippen LogP contribution in [0.25, 0.3) is 0 Å². The lowest BCUT2D eigenvalue weighted by atomic mass is 10.3. The molecule has 7 heteroatoms. The van der Waals surface area contributed by atoms with E-state index < -0.39 is 0 Å². The fourth-order valence-electron chi connectivity index (χ4n) is 2.04. The van der Waals surface area contributed by atoms with E-state index >= 15 is 0 Å². The predicted octanol–water partition coefficient (Wildman–Crippen LogP) is 1.16. The normalized spacial score (nSPS) is 15.5. The maximum atomic E-state index is 12.1. The molecule has 0 saturated carbocycles. The summed E-state index contributed by atoms with van der Waals surface area (Å²) in [5.41, 5.74) is 0.483. The van der Waals surface area contributed by atoms with Crippen LogP contribution < -0.4 is 5.32 Å². The number of halogens is 1. The molecule has 0 aromatic carbocycles. The zero-order valence-corrected chi connectivity index (χ0v) is 11.5. The van der Waals surface area contributed by atoms with Crippen molar-refractivity contribution in [1.29, 1.82) is 0 Å². The average Bonchev–Trinajstić information content (AvgIpc) is 2.85. The maximum Gasteiger partial charge on any atom is 0.317 e. The number of urea groups is 1. The number of nitrogens with zero attached hydrogens (tertiary/aromatic N) is 2. The first kappa shape index (κ1) is 13.7. The number of piperazine rings is 1. The van der Waals surface area contributed by atoms with Crippen molar-refractivity contribution in [1.82, 2.24) is 20.1 Å². The third-order valence-corrected chi connectivity index (χ3v) is 3.28. The lowest BCUT2D eigenvalue weighted by Gasteiger charge is -2.34. The molecule has 1 saturated heterocycles. The van der Waals surface area contributed by atoms with Gasteiger partial charge < -0.3 is 20.1 Å². The molecule has 0 radical (unpaired) electrons. The Morgan fingerprint density at radius 2 is 1.95 bits per heavy atom. The van der Waals surface area contributed by atoms with Crippen molar-refractivity contribution >= 4 is 23.5 Å². The monoisotopic (exact) mass is 284 g/mol. The van der Waals surface area contributed by atoms with Gasteiger partial charge in [0.15, 0.2) is 0 Å². The van der Waals surface area contributed by atoms with Gasteiger partial charge in [0, 0.05) is 38.9 Å². The molecule has 0 unspecified atom stereocenters. The largest absolute Gasteiger partial charge is 0.356 e. The Balaban J connectivity index is 1.89. The molecule has 0 bridgehead atoms. The van der Waals surface area contributed by atoms with E-state index in [1.54, 1.807) is 22.1 Å². The molecule has 19 heavy (non-hydrogen) atoms. The quantitative estimate of drug-likeness (QED) is 0.855. The van der Waals surface area contributed by atoms with Crippen molar-refractivity contribution in [2.45, 2.75) is 6.92 Å². The van der Waals surface area contributed by atoms with Crippen LogP contribution in [0.4, 0.5) is 4.79 Å². The number of amides is 3. The smallest absolute Gasteiger partial charge is 0.317 e. The van der Waals surface area contributed by atoms with Crippen LogP contribution in [0.1, 0.15) is 17.4 Å². The van der Waals surface area contributed by atoms with E-state index in [-0.39, 0.29) is 11.9 Å². The standard InChI is InChI=1S/C12H17ClN4O2/c1-2-14-12(19)17-5-3-16(4-6-17)11(18)10-7-9(13)8-15-10/h7-8,15H,2-6H2,1H3,(H,14,19). The second-order valence-electron chi connectivity index (χ2n) is 4.35. The molecule has 1 aliphatic rings. The number of rotatable bonds is 2. The minimum atomic E-state index is -0.0811. The molecule has 0 atom stereocenters. The van der Waals surface area contributed by atoms with Gasteiger partial charge in [-0.05, 0) is 13.0 Å². The van der Waals surface area contributed by atoms with Gasteiger partial charge in [0.1, 0.15) is 5.69 Å².